The van der Waals surface area contributed by atoms with Crippen LogP contribution in [-0.4, -0.2) is 19.7 Å². The second-order valence-corrected chi connectivity index (χ2v) is 5.08. The molecule has 2 rings (SSSR count). The van der Waals surface area contributed by atoms with Crippen LogP contribution < -0.4 is 15.8 Å². The van der Waals surface area contributed by atoms with Gasteiger partial charge in [0.2, 0.25) is 0 Å². The van der Waals surface area contributed by atoms with Gasteiger partial charge in [0.15, 0.2) is 0 Å². The van der Waals surface area contributed by atoms with Gasteiger partial charge >= 0.3 is 0 Å². The first kappa shape index (κ1) is 13.8. The molecule has 3 heteroatoms. The molecule has 3 N–H and O–H groups in total. The van der Waals surface area contributed by atoms with Gasteiger partial charge in [-0.2, -0.15) is 0 Å². The third kappa shape index (κ3) is 3.25. The lowest BCUT2D eigenvalue weighted by Gasteiger charge is -2.20. The second-order valence-electron chi connectivity index (χ2n) is 5.08. The summed E-state index contributed by atoms with van der Waals surface area (Å²) < 4.78 is 5.24. The van der Waals surface area contributed by atoms with Gasteiger partial charge in [0, 0.05) is 18.6 Å². The van der Waals surface area contributed by atoms with E-state index in [0.717, 1.165) is 5.75 Å². The average molecular weight is 258 g/mol. The number of methoxy groups -OCH3 is 1. The van der Waals surface area contributed by atoms with E-state index in [1.165, 1.54) is 16.3 Å². The molecular formula is C16H22N2O. The highest BCUT2D eigenvalue weighted by Gasteiger charge is 2.11. The molecule has 0 saturated heterocycles. The van der Waals surface area contributed by atoms with Gasteiger partial charge in [0.25, 0.3) is 0 Å². The fourth-order valence-electron chi connectivity index (χ4n) is 2.29. The Morgan fingerprint density at radius 2 is 1.79 bits per heavy atom. The number of benzene rings is 2. The highest BCUT2D eigenvalue weighted by Crippen LogP contribution is 2.24. The molecule has 0 radical (unpaired) electrons. The maximum absolute atomic E-state index is 5.86. The van der Waals surface area contributed by atoms with Crippen molar-refractivity contribution in [2.75, 3.05) is 13.7 Å². The molecule has 2 aromatic rings. The SMILES string of the molecule is COc1ccc2cc(C(CN)NC(C)C)ccc2c1. The first-order valence-electron chi connectivity index (χ1n) is 6.68. The van der Waals surface area contributed by atoms with Crippen LogP contribution in [0.25, 0.3) is 10.8 Å². The molecule has 0 aromatic heterocycles. The zero-order valence-corrected chi connectivity index (χ0v) is 11.8. The van der Waals surface area contributed by atoms with Gasteiger partial charge in [-0.15, -0.1) is 0 Å². The Bertz CT molecular complexity index is 551. The van der Waals surface area contributed by atoms with Crippen molar-refractivity contribution in [1.29, 1.82) is 0 Å². The molecule has 0 saturated carbocycles. The van der Waals surface area contributed by atoms with Crippen molar-refractivity contribution in [3.05, 3.63) is 42.0 Å². The van der Waals surface area contributed by atoms with E-state index in [2.05, 4.69) is 43.4 Å². The molecule has 1 atom stereocenters. The van der Waals surface area contributed by atoms with Crippen molar-refractivity contribution in [3.63, 3.8) is 0 Å². The van der Waals surface area contributed by atoms with E-state index in [1.54, 1.807) is 7.11 Å². The molecule has 0 aliphatic rings. The Kier molecular flexibility index (Phi) is 4.40. The molecule has 19 heavy (non-hydrogen) atoms. The Hall–Kier alpha value is -1.58. The van der Waals surface area contributed by atoms with E-state index in [1.807, 2.05) is 12.1 Å². The molecule has 0 heterocycles. The van der Waals surface area contributed by atoms with Gasteiger partial charge in [0.05, 0.1) is 7.11 Å². The van der Waals surface area contributed by atoms with Crippen LogP contribution >= 0.6 is 0 Å². The Balaban J connectivity index is 2.35. The smallest absolute Gasteiger partial charge is 0.119 e. The molecule has 3 nitrogen and oxygen atoms in total. The Labute approximate surface area is 114 Å². The van der Waals surface area contributed by atoms with Crippen LogP contribution in [0.1, 0.15) is 25.5 Å². The van der Waals surface area contributed by atoms with Crippen LogP contribution in [-0.2, 0) is 0 Å². The predicted octanol–water partition coefficient (Wildman–Crippen LogP) is 2.85. The van der Waals surface area contributed by atoms with Crippen LogP contribution in [0.2, 0.25) is 0 Å². The first-order chi connectivity index (χ1) is 9.13. The fourth-order valence-corrected chi connectivity index (χ4v) is 2.29. The number of hydrogen-bond acceptors (Lipinski definition) is 3. The standard InChI is InChI=1S/C16H22N2O/c1-11(2)18-16(10-17)14-5-4-13-9-15(19-3)7-6-12(13)8-14/h4-9,11,16,18H,10,17H2,1-3H3. The topological polar surface area (TPSA) is 47.3 Å². The summed E-state index contributed by atoms with van der Waals surface area (Å²) in [6, 6.07) is 13.2. The Morgan fingerprint density at radius 1 is 1.11 bits per heavy atom. The van der Waals surface area contributed by atoms with Gasteiger partial charge in [-0.3, -0.25) is 0 Å². The van der Waals surface area contributed by atoms with Crippen molar-refractivity contribution in [1.82, 2.24) is 5.32 Å². The molecule has 1 unspecified atom stereocenters. The largest absolute Gasteiger partial charge is 0.497 e. The zero-order valence-electron chi connectivity index (χ0n) is 11.8. The number of ether oxygens (including phenoxy) is 1. The molecule has 0 fully saturated rings. The minimum atomic E-state index is 0.200. The maximum Gasteiger partial charge on any atom is 0.119 e. The van der Waals surface area contributed by atoms with Gasteiger partial charge in [-0.05, 0) is 34.5 Å². The fraction of sp³-hybridized carbons (Fsp3) is 0.375. The summed E-state index contributed by atoms with van der Waals surface area (Å²) in [5, 5.41) is 5.88. The van der Waals surface area contributed by atoms with Crippen LogP contribution in [0.15, 0.2) is 36.4 Å². The molecular weight excluding hydrogens is 236 g/mol. The summed E-state index contributed by atoms with van der Waals surface area (Å²) in [6.07, 6.45) is 0. The summed E-state index contributed by atoms with van der Waals surface area (Å²) in [4.78, 5) is 0. The van der Waals surface area contributed by atoms with Crippen molar-refractivity contribution in [3.8, 4) is 5.75 Å². The first-order valence-corrected chi connectivity index (χ1v) is 6.68. The summed E-state index contributed by atoms with van der Waals surface area (Å²) in [5.41, 5.74) is 7.09. The molecule has 0 bridgehead atoms. The van der Waals surface area contributed by atoms with Crippen LogP contribution in [0.3, 0.4) is 0 Å². The quantitative estimate of drug-likeness (QED) is 0.867. The summed E-state index contributed by atoms with van der Waals surface area (Å²) in [7, 11) is 1.69. The van der Waals surface area contributed by atoms with Gasteiger partial charge in [-0.25, -0.2) is 0 Å². The van der Waals surface area contributed by atoms with Crippen LogP contribution in [0.4, 0.5) is 0 Å². The zero-order chi connectivity index (χ0) is 13.8. The van der Waals surface area contributed by atoms with Gasteiger partial charge < -0.3 is 15.8 Å². The minimum absolute atomic E-state index is 0.200. The van der Waals surface area contributed by atoms with Crippen molar-refractivity contribution in [2.45, 2.75) is 25.9 Å². The molecule has 0 spiro atoms. The average Bonchev–Trinajstić information content (AvgIpc) is 2.43. The van der Waals surface area contributed by atoms with E-state index in [4.69, 9.17) is 10.5 Å². The molecule has 0 aliphatic carbocycles. The van der Waals surface area contributed by atoms with Crippen molar-refractivity contribution >= 4 is 10.8 Å². The minimum Gasteiger partial charge on any atom is -0.497 e. The maximum atomic E-state index is 5.86. The third-order valence-corrected chi connectivity index (χ3v) is 3.24. The van der Waals surface area contributed by atoms with Crippen LogP contribution in [0, 0.1) is 0 Å². The summed E-state index contributed by atoms with van der Waals surface area (Å²) in [5.74, 6) is 0.885. The second kappa shape index (κ2) is 6.04. The van der Waals surface area contributed by atoms with Crippen LogP contribution in [0.5, 0.6) is 5.75 Å². The van der Waals surface area contributed by atoms with Gasteiger partial charge in [-0.1, -0.05) is 32.0 Å². The molecule has 0 amide bonds. The highest BCUT2D eigenvalue weighted by atomic mass is 16.5. The predicted molar refractivity (Wildman–Crippen MR) is 80.6 cm³/mol. The lowest BCUT2D eigenvalue weighted by atomic mass is 10.0. The number of nitrogens with two attached hydrogens (primary N) is 1. The normalized spacial score (nSPS) is 12.9. The van der Waals surface area contributed by atoms with Gasteiger partial charge in [0.1, 0.15) is 5.75 Å². The summed E-state index contributed by atoms with van der Waals surface area (Å²) >= 11 is 0. The van der Waals surface area contributed by atoms with E-state index in [9.17, 15) is 0 Å². The Morgan fingerprint density at radius 3 is 2.42 bits per heavy atom. The molecule has 102 valence electrons. The highest BCUT2D eigenvalue weighted by molar-refractivity contribution is 5.84. The lowest BCUT2D eigenvalue weighted by molar-refractivity contribution is 0.415. The number of rotatable bonds is 5. The summed E-state index contributed by atoms with van der Waals surface area (Å²) in [6.45, 7) is 4.86. The number of fused-ring (bicyclic) bond motifs is 1. The molecule has 2 aromatic carbocycles. The van der Waals surface area contributed by atoms with E-state index >= 15 is 0 Å². The monoisotopic (exact) mass is 258 g/mol. The van der Waals surface area contributed by atoms with Crippen molar-refractivity contribution in [2.24, 2.45) is 5.73 Å². The lowest BCUT2D eigenvalue weighted by Crippen LogP contribution is -2.33. The van der Waals surface area contributed by atoms with E-state index in [0.29, 0.717) is 12.6 Å². The molecule has 0 aliphatic heterocycles. The van der Waals surface area contributed by atoms with E-state index < -0.39 is 0 Å². The number of hydrogen-bond donors (Lipinski definition) is 2. The number of nitrogens with one attached hydrogen (secondary N) is 1. The van der Waals surface area contributed by atoms with Crippen molar-refractivity contribution < 1.29 is 4.74 Å². The van der Waals surface area contributed by atoms with E-state index in [-0.39, 0.29) is 6.04 Å². The third-order valence-electron chi connectivity index (χ3n) is 3.24.